The van der Waals surface area contributed by atoms with Gasteiger partial charge in [-0.25, -0.2) is 4.79 Å². The van der Waals surface area contributed by atoms with E-state index in [1.807, 2.05) is 34.6 Å². The molecule has 3 atom stereocenters. The van der Waals surface area contributed by atoms with Gasteiger partial charge in [-0.2, -0.15) is 0 Å². The lowest BCUT2D eigenvalue weighted by atomic mass is 9.85. The summed E-state index contributed by atoms with van der Waals surface area (Å²) < 4.78 is 0. The van der Waals surface area contributed by atoms with Crippen molar-refractivity contribution in [1.82, 2.24) is 26.2 Å². The Morgan fingerprint density at radius 2 is 1.72 bits per heavy atom. The van der Waals surface area contributed by atoms with Crippen LogP contribution >= 0.6 is 0 Å². The first-order valence-corrected chi connectivity index (χ1v) is 13.7. The number of rotatable bonds is 10. The van der Waals surface area contributed by atoms with Crippen LogP contribution in [0.25, 0.3) is 0 Å². The molecule has 0 bridgehead atoms. The molecule has 0 saturated carbocycles. The molecule has 3 unspecified atom stereocenters. The molecule has 0 aromatic rings. The highest BCUT2D eigenvalue weighted by atomic mass is 16.2. The highest BCUT2D eigenvalue weighted by Gasteiger charge is 2.42. The van der Waals surface area contributed by atoms with Crippen molar-refractivity contribution >= 4 is 30.0 Å². The van der Waals surface area contributed by atoms with Gasteiger partial charge >= 0.3 is 6.03 Å². The van der Waals surface area contributed by atoms with E-state index in [1.165, 1.54) is 25.3 Å². The zero-order valence-electron chi connectivity index (χ0n) is 25.6. The molecule has 224 valence electrons. The van der Waals surface area contributed by atoms with E-state index in [1.54, 1.807) is 6.08 Å². The number of amides is 5. The number of hydrogen-bond acceptors (Lipinski definition) is 5. The van der Waals surface area contributed by atoms with Crippen LogP contribution in [0.4, 0.5) is 4.79 Å². The molecule has 1 heterocycles. The first kappa shape index (κ1) is 40.2. The van der Waals surface area contributed by atoms with Crippen LogP contribution in [0.1, 0.15) is 87.5 Å². The molecule has 0 aliphatic carbocycles. The fourth-order valence-corrected chi connectivity index (χ4v) is 3.32. The van der Waals surface area contributed by atoms with Gasteiger partial charge in [0.05, 0.1) is 6.04 Å². The summed E-state index contributed by atoms with van der Waals surface area (Å²) in [6, 6.07) is -2.58. The summed E-state index contributed by atoms with van der Waals surface area (Å²) in [5, 5.41) is 10.3. The van der Waals surface area contributed by atoms with Gasteiger partial charge in [0.1, 0.15) is 12.1 Å². The van der Waals surface area contributed by atoms with E-state index in [0.29, 0.717) is 45.2 Å². The summed E-state index contributed by atoms with van der Waals surface area (Å²) in [7, 11) is 1.48. The molecule has 4 N–H and O–H groups in total. The zero-order chi connectivity index (χ0) is 31.0. The van der Waals surface area contributed by atoms with Gasteiger partial charge in [0.2, 0.25) is 18.2 Å². The summed E-state index contributed by atoms with van der Waals surface area (Å²) in [6.07, 6.45) is 10.7. The lowest BCUT2D eigenvalue weighted by Gasteiger charge is -2.35. The topological polar surface area (TPSA) is 137 Å². The van der Waals surface area contributed by atoms with Crippen LogP contribution < -0.4 is 21.3 Å². The first-order chi connectivity index (χ1) is 18.4. The van der Waals surface area contributed by atoms with Crippen LogP contribution in [0, 0.1) is 17.8 Å². The van der Waals surface area contributed by atoms with Crippen LogP contribution in [0.15, 0.2) is 12.7 Å². The third-order valence-electron chi connectivity index (χ3n) is 5.18. The summed E-state index contributed by atoms with van der Waals surface area (Å²) in [5.41, 5.74) is -0.540. The number of Topliss-reactive ketones (excluding diaryl/α,β-unsaturated/α-hetero) is 1. The average molecular weight is 552 g/mol. The molecular formula is C29H53N5O5. The van der Waals surface area contributed by atoms with Crippen LogP contribution in [0.3, 0.4) is 0 Å². The molecule has 10 heteroatoms. The van der Waals surface area contributed by atoms with E-state index in [4.69, 9.17) is 6.42 Å². The second-order valence-electron chi connectivity index (χ2n) is 9.65. The second-order valence-corrected chi connectivity index (χ2v) is 9.65. The maximum absolute atomic E-state index is 13.2. The monoisotopic (exact) mass is 551 g/mol. The predicted molar refractivity (Wildman–Crippen MR) is 158 cm³/mol. The summed E-state index contributed by atoms with van der Waals surface area (Å²) in [5.74, 6) is 1.62. The Morgan fingerprint density at radius 3 is 2.10 bits per heavy atom. The lowest BCUT2D eigenvalue weighted by molar-refractivity contribution is -0.142. The third-order valence-corrected chi connectivity index (χ3v) is 5.18. The lowest BCUT2D eigenvalue weighted by Crippen LogP contribution is -2.59. The van der Waals surface area contributed by atoms with Crippen molar-refractivity contribution in [2.45, 2.75) is 106 Å². The molecule has 1 fully saturated rings. The second kappa shape index (κ2) is 23.7. The maximum atomic E-state index is 13.2. The molecule has 1 rings (SSSR count). The molecule has 10 nitrogen and oxygen atoms in total. The molecule has 0 spiro atoms. The maximum Gasteiger partial charge on any atom is 0.315 e. The van der Waals surface area contributed by atoms with Crippen molar-refractivity contribution in [2.75, 3.05) is 20.1 Å². The molecule has 0 aromatic heterocycles. The number of hydrogen-bond donors (Lipinski definition) is 4. The fourth-order valence-electron chi connectivity index (χ4n) is 3.32. The number of ketones is 1. The molecule has 0 radical (unpaired) electrons. The van der Waals surface area contributed by atoms with E-state index < -0.39 is 29.6 Å². The van der Waals surface area contributed by atoms with E-state index in [0.717, 1.165) is 0 Å². The van der Waals surface area contributed by atoms with Crippen molar-refractivity contribution in [3.05, 3.63) is 12.7 Å². The largest absolute Gasteiger partial charge is 0.355 e. The van der Waals surface area contributed by atoms with Crippen molar-refractivity contribution in [1.29, 1.82) is 0 Å². The first-order valence-electron chi connectivity index (χ1n) is 13.7. The van der Waals surface area contributed by atoms with Gasteiger partial charge in [-0.1, -0.05) is 61.0 Å². The van der Waals surface area contributed by atoms with Crippen LogP contribution in [-0.2, 0) is 19.2 Å². The summed E-state index contributed by atoms with van der Waals surface area (Å²) in [6.45, 7) is 19.6. The molecule has 0 aromatic carbocycles. The smallest absolute Gasteiger partial charge is 0.315 e. The van der Waals surface area contributed by atoms with Gasteiger partial charge < -0.3 is 26.2 Å². The molecule has 1 aliphatic heterocycles. The summed E-state index contributed by atoms with van der Waals surface area (Å²) in [4.78, 5) is 60.4. The molecule has 5 amide bonds. The highest BCUT2D eigenvalue weighted by molar-refractivity contribution is 5.94. The van der Waals surface area contributed by atoms with Gasteiger partial charge in [0, 0.05) is 26.6 Å². The predicted octanol–water partition coefficient (Wildman–Crippen LogP) is 3.17. The summed E-state index contributed by atoms with van der Waals surface area (Å²) >= 11 is 0. The zero-order valence-corrected chi connectivity index (χ0v) is 25.6. The molecular weight excluding hydrogens is 498 g/mol. The van der Waals surface area contributed by atoms with Crippen molar-refractivity contribution < 1.29 is 24.0 Å². The van der Waals surface area contributed by atoms with Crippen LogP contribution in [0.5, 0.6) is 0 Å². The van der Waals surface area contributed by atoms with Crippen molar-refractivity contribution in [3.63, 3.8) is 0 Å². The number of likely N-dealkylation sites (tertiary alicyclic amines) is 1. The standard InChI is InChI=1S/C20H32N4O4.C4H7NO.C3H8.C2H6/c1-7-8-10-14(13(2)25)22-17(26)15-11-9-12-24(15)18(27)16(20(3,4)5)23-19(28)21-6;1-2-3-5-4-6;1-3-2;1-2/h1,14-16H,8-12H2,2-6H3,(H,22,26)(H2,21,23,28);2,4H,1,3H2,(H,5,6);3H2,1-2H3;1-2H3. The molecule has 1 saturated heterocycles. The number of urea groups is 1. The van der Waals surface area contributed by atoms with E-state index in [2.05, 4.69) is 47.6 Å². The van der Waals surface area contributed by atoms with E-state index in [-0.39, 0.29) is 17.6 Å². The Morgan fingerprint density at radius 1 is 1.15 bits per heavy atom. The number of nitrogens with zero attached hydrogens (tertiary/aromatic N) is 1. The minimum Gasteiger partial charge on any atom is -0.355 e. The third kappa shape index (κ3) is 17.7. The minimum absolute atomic E-state index is 0.173. The highest BCUT2D eigenvalue weighted by Crippen LogP contribution is 2.26. The van der Waals surface area contributed by atoms with E-state index >= 15 is 0 Å². The Balaban J connectivity index is -0.00000100. The Hall–Kier alpha value is -3.35. The van der Waals surface area contributed by atoms with Crippen LogP contribution in [-0.4, -0.2) is 73.2 Å². The number of nitrogens with one attached hydrogen (secondary N) is 4. The van der Waals surface area contributed by atoms with Gasteiger partial charge in [-0.3, -0.25) is 19.2 Å². The fraction of sp³-hybridized carbons (Fsp3) is 0.690. The van der Waals surface area contributed by atoms with Gasteiger partial charge in [0.25, 0.3) is 0 Å². The number of carbonyl (C=O) groups is 5. The van der Waals surface area contributed by atoms with Gasteiger partial charge in [-0.15, -0.1) is 18.9 Å². The van der Waals surface area contributed by atoms with Gasteiger partial charge in [0.15, 0.2) is 5.78 Å². The SMILES string of the molecule is C#CCCC(NC(=O)C1CCCN1C(=O)C(NC(=O)NC)C(C)(C)C)C(C)=O.C=CCNC=O.CC.CCC. The van der Waals surface area contributed by atoms with Gasteiger partial charge in [-0.05, 0) is 31.6 Å². The number of carbonyl (C=O) groups excluding carboxylic acids is 5. The van der Waals surface area contributed by atoms with Crippen molar-refractivity contribution in [2.24, 2.45) is 5.41 Å². The minimum atomic E-state index is -0.786. The Labute approximate surface area is 236 Å². The van der Waals surface area contributed by atoms with Crippen molar-refractivity contribution in [3.8, 4) is 12.3 Å². The quantitative estimate of drug-likeness (QED) is 0.143. The average Bonchev–Trinajstić information content (AvgIpc) is 3.39. The molecule has 1 aliphatic rings. The van der Waals surface area contributed by atoms with E-state index in [9.17, 15) is 24.0 Å². The number of terminal acetylenes is 1. The Kier molecular flexibility index (Phi) is 24.4. The molecule has 39 heavy (non-hydrogen) atoms. The van der Waals surface area contributed by atoms with Crippen LogP contribution in [0.2, 0.25) is 0 Å². The normalized spacial score (nSPS) is 15.0. The Bertz CT molecular complexity index is 778.